The monoisotopic (exact) mass is 171 g/mol. The number of rotatable bonds is 4. The van der Waals surface area contributed by atoms with Crippen molar-refractivity contribution in [1.29, 1.82) is 0 Å². The molecule has 0 saturated carbocycles. The van der Waals surface area contributed by atoms with Crippen LogP contribution in [-0.2, 0) is 6.54 Å². The van der Waals surface area contributed by atoms with Crippen molar-refractivity contribution in [3.05, 3.63) is 11.1 Å². The predicted molar refractivity (Wildman–Crippen MR) is 46.5 cm³/mol. The van der Waals surface area contributed by atoms with Crippen LogP contribution in [0.4, 0.5) is 0 Å². The first-order valence-electron chi connectivity index (χ1n) is 3.82. The third-order valence-electron chi connectivity index (χ3n) is 1.64. The van der Waals surface area contributed by atoms with E-state index in [4.69, 9.17) is 0 Å². The maximum atomic E-state index is 3.78. The van der Waals surface area contributed by atoms with Crippen LogP contribution in [0.3, 0.4) is 0 Å². The molecule has 1 atom stereocenters. The normalized spacial score (nSPS) is 13.3. The average molecular weight is 171 g/mol. The Kier molecular flexibility index (Phi) is 3.45. The van der Waals surface area contributed by atoms with E-state index in [1.165, 1.54) is 16.4 Å². The quantitative estimate of drug-likeness (QED) is 0.744. The summed E-state index contributed by atoms with van der Waals surface area (Å²) in [6, 6.07) is 0.581. The van der Waals surface area contributed by atoms with Gasteiger partial charge in [-0.2, -0.15) is 0 Å². The Hall–Kier alpha value is -0.480. The van der Waals surface area contributed by atoms with Gasteiger partial charge in [0.05, 0.1) is 11.1 Å². The molecule has 11 heavy (non-hydrogen) atoms. The highest BCUT2D eigenvalue weighted by atomic mass is 32.1. The molecule has 1 heterocycles. The van der Waals surface area contributed by atoms with Crippen molar-refractivity contribution in [2.24, 2.45) is 0 Å². The fourth-order valence-corrected chi connectivity index (χ4v) is 1.13. The summed E-state index contributed by atoms with van der Waals surface area (Å²) in [6.45, 7) is 5.24. The Morgan fingerprint density at radius 2 is 2.55 bits per heavy atom. The molecular weight excluding hydrogens is 158 g/mol. The lowest BCUT2D eigenvalue weighted by Crippen LogP contribution is -2.23. The molecule has 1 unspecified atom stereocenters. The van der Waals surface area contributed by atoms with Gasteiger partial charge in [0.1, 0.15) is 0 Å². The number of nitrogens with zero attached hydrogens (tertiary/aromatic N) is 2. The van der Waals surface area contributed by atoms with Crippen LogP contribution in [0.25, 0.3) is 0 Å². The van der Waals surface area contributed by atoms with Crippen LogP contribution in [0.1, 0.15) is 25.1 Å². The minimum atomic E-state index is 0.581. The summed E-state index contributed by atoms with van der Waals surface area (Å²) in [5.74, 6) is 0. The van der Waals surface area contributed by atoms with E-state index < -0.39 is 0 Å². The lowest BCUT2D eigenvalue weighted by Gasteiger charge is -2.08. The van der Waals surface area contributed by atoms with Gasteiger partial charge in [0.2, 0.25) is 0 Å². The smallest absolute Gasteiger partial charge is 0.0666 e. The van der Waals surface area contributed by atoms with Crippen LogP contribution in [0.2, 0.25) is 0 Å². The molecule has 0 aliphatic carbocycles. The topological polar surface area (TPSA) is 37.8 Å². The molecule has 0 radical (unpaired) electrons. The fraction of sp³-hybridized carbons (Fsp3) is 0.714. The molecular formula is C7H13N3S. The molecule has 1 rings (SSSR count). The van der Waals surface area contributed by atoms with Gasteiger partial charge in [-0.05, 0) is 24.9 Å². The third kappa shape index (κ3) is 2.95. The molecule has 0 aromatic carbocycles. The molecule has 3 nitrogen and oxygen atoms in total. The van der Waals surface area contributed by atoms with E-state index in [0.717, 1.165) is 13.0 Å². The van der Waals surface area contributed by atoms with E-state index in [0.29, 0.717) is 6.04 Å². The molecule has 1 N–H and O–H groups in total. The molecule has 1 aromatic rings. The van der Waals surface area contributed by atoms with Crippen molar-refractivity contribution in [1.82, 2.24) is 14.9 Å². The van der Waals surface area contributed by atoms with Gasteiger partial charge in [0.15, 0.2) is 0 Å². The summed E-state index contributed by atoms with van der Waals surface area (Å²) in [4.78, 5) is 1.20. The van der Waals surface area contributed by atoms with Crippen molar-refractivity contribution in [3.8, 4) is 0 Å². The fourth-order valence-electron chi connectivity index (χ4n) is 0.685. The SMILES string of the molecule is CCC(C)NCc1cnns1. The molecule has 0 aliphatic heterocycles. The van der Waals surface area contributed by atoms with Gasteiger partial charge in [-0.3, -0.25) is 0 Å². The Morgan fingerprint density at radius 3 is 3.09 bits per heavy atom. The Bertz CT molecular complexity index is 186. The Morgan fingerprint density at radius 1 is 1.73 bits per heavy atom. The highest BCUT2D eigenvalue weighted by Crippen LogP contribution is 2.01. The predicted octanol–water partition coefficient (Wildman–Crippen LogP) is 1.43. The highest BCUT2D eigenvalue weighted by molar-refractivity contribution is 7.05. The highest BCUT2D eigenvalue weighted by Gasteiger charge is 1.98. The maximum Gasteiger partial charge on any atom is 0.0666 e. The number of hydrogen-bond donors (Lipinski definition) is 1. The molecule has 0 aliphatic rings. The van der Waals surface area contributed by atoms with E-state index in [1.807, 2.05) is 0 Å². The maximum absolute atomic E-state index is 3.78. The molecule has 62 valence electrons. The van der Waals surface area contributed by atoms with E-state index in [-0.39, 0.29) is 0 Å². The van der Waals surface area contributed by atoms with Gasteiger partial charge in [0.25, 0.3) is 0 Å². The summed E-state index contributed by atoms with van der Waals surface area (Å²) in [7, 11) is 0. The second-order valence-electron chi connectivity index (χ2n) is 2.57. The molecule has 1 aromatic heterocycles. The van der Waals surface area contributed by atoms with Crippen molar-refractivity contribution in [2.75, 3.05) is 0 Å². The number of aromatic nitrogens is 2. The van der Waals surface area contributed by atoms with Crippen LogP contribution in [0, 0.1) is 0 Å². The van der Waals surface area contributed by atoms with Crippen LogP contribution in [0.5, 0.6) is 0 Å². The first-order chi connectivity index (χ1) is 5.33. The van der Waals surface area contributed by atoms with E-state index in [9.17, 15) is 0 Å². The first kappa shape index (κ1) is 8.62. The molecule has 0 amide bonds. The average Bonchev–Trinajstić information content (AvgIpc) is 2.52. The number of nitrogens with one attached hydrogen (secondary N) is 1. The summed E-state index contributed by atoms with van der Waals surface area (Å²) < 4.78 is 3.78. The molecule has 0 fully saturated rings. The van der Waals surface area contributed by atoms with Gasteiger partial charge >= 0.3 is 0 Å². The first-order valence-corrected chi connectivity index (χ1v) is 4.60. The Labute approximate surface area is 71.0 Å². The summed E-state index contributed by atoms with van der Waals surface area (Å²) in [6.07, 6.45) is 2.96. The van der Waals surface area contributed by atoms with Crippen LogP contribution in [-0.4, -0.2) is 15.6 Å². The lowest BCUT2D eigenvalue weighted by atomic mass is 10.2. The summed E-state index contributed by atoms with van der Waals surface area (Å²) in [5.41, 5.74) is 0. The third-order valence-corrected chi connectivity index (χ3v) is 2.30. The van der Waals surface area contributed by atoms with Crippen molar-refractivity contribution in [2.45, 2.75) is 32.9 Å². The van der Waals surface area contributed by atoms with Gasteiger partial charge < -0.3 is 5.32 Å². The van der Waals surface area contributed by atoms with E-state index in [2.05, 4.69) is 28.8 Å². The minimum absolute atomic E-state index is 0.581. The van der Waals surface area contributed by atoms with Crippen molar-refractivity contribution >= 4 is 11.5 Å². The van der Waals surface area contributed by atoms with Gasteiger partial charge in [0, 0.05) is 12.6 Å². The molecule has 0 saturated heterocycles. The zero-order chi connectivity index (χ0) is 8.10. The van der Waals surface area contributed by atoms with Crippen LogP contribution < -0.4 is 5.32 Å². The van der Waals surface area contributed by atoms with Gasteiger partial charge in [-0.15, -0.1) is 5.10 Å². The van der Waals surface area contributed by atoms with Crippen LogP contribution >= 0.6 is 11.5 Å². The van der Waals surface area contributed by atoms with Crippen LogP contribution in [0.15, 0.2) is 6.20 Å². The van der Waals surface area contributed by atoms with E-state index >= 15 is 0 Å². The van der Waals surface area contributed by atoms with Gasteiger partial charge in [-0.1, -0.05) is 11.4 Å². The van der Waals surface area contributed by atoms with Crippen molar-refractivity contribution < 1.29 is 0 Å². The Balaban J connectivity index is 2.23. The lowest BCUT2D eigenvalue weighted by molar-refractivity contribution is 0.537. The zero-order valence-electron chi connectivity index (χ0n) is 6.87. The second kappa shape index (κ2) is 4.41. The molecule has 0 bridgehead atoms. The largest absolute Gasteiger partial charge is 0.309 e. The summed E-state index contributed by atoms with van der Waals surface area (Å²) in [5, 5.41) is 7.12. The standard InChI is InChI=1S/C7H13N3S/c1-3-6(2)8-4-7-5-9-10-11-7/h5-6,8H,3-4H2,1-2H3. The van der Waals surface area contributed by atoms with Gasteiger partial charge in [-0.25, -0.2) is 0 Å². The summed E-state index contributed by atoms with van der Waals surface area (Å²) >= 11 is 1.45. The molecule has 0 spiro atoms. The zero-order valence-corrected chi connectivity index (χ0v) is 7.69. The van der Waals surface area contributed by atoms with Crippen molar-refractivity contribution in [3.63, 3.8) is 0 Å². The number of hydrogen-bond acceptors (Lipinski definition) is 4. The van der Waals surface area contributed by atoms with E-state index in [1.54, 1.807) is 6.20 Å². The minimum Gasteiger partial charge on any atom is -0.309 e. The second-order valence-corrected chi connectivity index (χ2v) is 3.44. The molecule has 4 heteroatoms.